The van der Waals surface area contributed by atoms with Crippen LogP contribution in [0, 0.1) is 11.8 Å². The van der Waals surface area contributed by atoms with Crippen molar-refractivity contribution < 1.29 is 14.3 Å². The number of anilines is 1. The highest BCUT2D eigenvalue weighted by atomic mass is 35.5. The van der Waals surface area contributed by atoms with E-state index in [0.717, 1.165) is 9.98 Å². The summed E-state index contributed by atoms with van der Waals surface area (Å²) in [5.74, 6) is 4.89. The standard InChI is InChI=1S/C18H14ClNO3/c1-23-18(22)15-10-12-16(13-11-15)20(19)17(21)9-5-8-14-6-3-2-4-7-14/h2-4,6-7,10-13H,9H2,1H3. The van der Waals surface area contributed by atoms with Crippen molar-refractivity contribution in [3.05, 3.63) is 65.7 Å². The Morgan fingerprint density at radius 1 is 1.09 bits per heavy atom. The molecule has 2 aromatic rings. The minimum Gasteiger partial charge on any atom is -0.465 e. The summed E-state index contributed by atoms with van der Waals surface area (Å²) in [6.07, 6.45) is -0.00283. The minimum atomic E-state index is -0.447. The van der Waals surface area contributed by atoms with Crippen LogP contribution in [0.25, 0.3) is 0 Å². The van der Waals surface area contributed by atoms with E-state index in [9.17, 15) is 9.59 Å². The van der Waals surface area contributed by atoms with Crippen LogP contribution in [0.5, 0.6) is 0 Å². The molecule has 0 saturated heterocycles. The Labute approximate surface area is 139 Å². The molecule has 4 nitrogen and oxygen atoms in total. The third kappa shape index (κ3) is 4.60. The fourth-order valence-corrected chi connectivity index (χ4v) is 1.98. The van der Waals surface area contributed by atoms with Gasteiger partial charge in [0.05, 0.1) is 24.8 Å². The van der Waals surface area contributed by atoms with E-state index in [4.69, 9.17) is 11.8 Å². The van der Waals surface area contributed by atoms with Gasteiger partial charge in [-0.05, 0) is 36.4 Å². The highest BCUT2D eigenvalue weighted by Crippen LogP contribution is 2.18. The molecular formula is C18H14ClNO3. The summed E-state index contributed by atoms with van der Waals surface area (Å²) in [6.45, 7) is 0. The molecule has 0 aromatic heterocycles. The predicted octanol–water partition coefficient (Wildman–Crippen LogP) is 3.40. The Balaban J connectivity index is 2.00. The van der Waals surface area contributed by atoms with Crippen LogP contribution < -0.4 is 4.42 Å². The molecule has 0 aliphatic carbocycles. The van der Waals surface area contributed by atoms with Gasteiger partial charge in [0.25, 0.3) is 5.91 Å². The van der Waals surface area contributed by atoms with E-state index >= 15 is 0 Å². The number of amides is 1. The molecule has 23 heavy (non-hydrogen) atoms. The zero-order chi connectivity index (χ0) is 16.7. The lowest BCUT2D eigenvalue weighted by molar-refractivity contribution is -0.116. The van der Waals surface area contributed by atoms with E-state index < -0.39 is 5.97 Å². The van der Waals surface area contributed by atoms with Crippen LogP contribution in [-0.2, 0) is 9.53 Å². The Morgan fingerprint density at radius 2 is 1.74 bits per heavy atom. The molecule has 2 aromatic carbocycles. The normalized spacial score (nSPS) is 9.48. The molecule has 0 spiro atoms. The van der Waals surface area contributed by atoms with Crippen molar-refractivity contribution in [1.82, 2.24) is 0 Å². The van der Waals surface area contributed by atoms with Crippen molar-refractivity contribution in [2.24, 2.45) is 0 Å². The fourth-order valence-electron chi connectivity index (χ4n) is 1.80. The third-order valence-corrected chi connectivity index (χ3v) is 3.36. The van der Waals surface area contributed by atoms with Crippen LogP contribution in [0.15, 0.2) is 54.6 Å². The van der Waals surface area contributed by atoms with Gasteiger partial charge >= 0.3 is 5.97 Å². The number of halogens is 1. The molecule has 5 heteroatoms. The molecule has 116 valence electrons. The van der Waals surface area contributed by atoms with Gasteiger partial charge in [0.2, 0.25) is 0 Å². The average molecular weight is 328 g/mol. The van der Waals surface area contributed by atoms with E-state index in [-0.39, 0.29) is 12.3 Å². The molecule has 0 saturated carbocycles. The molecule has 0 unspecified atom stereocenters. The molecular weight excluding hydrogens is 314 g/mol. The van der Waals surface area contributed by atoms with Gasteiger partial charge in [0.15, 0.2) is 0 Å². The molecule has 2 rings (SSSR count). The number of methoxy groups -OCH3 is 1. The van der Waals surface area contributed by atoms with Gasteiger partial charge in [-0.3, -0.25) is 4.79 Å². The summed E-state index contributed by atoms with van der Waals surface area (Å²) in [7, 11) is 1.30. The summed E-state index contributed by atoms with van der Waals surface area (Å²) >= 11 is 6.00. The molecule has 0 bridgehead atoms. The van der Waals surface area contributed by atoms with E-state index in [2.05, 4.69) is 16.6 Å². The number of rotatable bonds is 3. The third-order valence-electron chi connectivity index (χ3n) is 2.98. The maximum absolute atomic E-state index is 12.0. The molecule has 0 aliphatic heterocycles. The van der Waals surface area contributed by atoms with Crippen LogP contribution in [0.4, 0.5) is 5.69 Å². The van der Waals surface area contributed by atoms with Crippen molar-refractivity contribution in [1.29, 1.82) is 0 Å². The van der Waals surface area contributed by atoms with Gasteiger partial charge in [-0.25, -0.2) is 9.21 Å². The van der Waals surface area contributed by atoms with Crippen molar-refractivity contribution >= 4 is 29.3 Å². The second kappa shape index (κ2) is 8.02. The van der Waals surface area contributed by atoms with Gasteiger partial charge < -0.3 is 4.74 Å². The van der Waals surface area contributed by atoms with E-state index in [1.165, 1.54) is 7.11 Å². The maximum atomic E-state index is 12.0. The first kappa shape index (κ1) is 16.6. The molecule has 0 aliphatic rings. The number of benzene rings is 2. The SMILES string of the molecule is COC(=O)c1ccc(N(Cl)C(=O)CC#Cc2ccccc2)cc1. The van der Waals surface area contributed by atoms with Gasteiger partial charge in [-0.2, -0.15) is 0 Å². The number of esters is 1. The van der Waals surface area contributed by atoms with Crippen molar-refractivity contribution in [3.8, 4) is 11.8 Å². The van der Waals surface area contributed by atoms with Gasteiger partial charge in [-0.1, -0.05) is 30.0 Å². The summed E-state index contributed by atoms with van der Waals surface area (Å²) in [6, 6.07) is 15.6. The van der Waals surface area contributed by atoms with Crippen LogP contribution in [0.2, 0.25) is 0 Å². The monoisotopic (exact) mass is 327 g/mol. The zero-order valence-electron chi connectivity index (χ0n) is 12.5. The Hall–Kier alpha value is -2.77. The maximum Gasteiger partial charge on any atom is 0.337 e. The summed E-state index contributed by atoms with van der Waals surface area (Å²) in [5, 5.41) is 0. The smallest absolute Gasteiger partial charge is 0.337 e. The molecule has 0 N–H and O–H groups in total. The van der Waals surface area contributed by atoms with E-state index in [0.29, 0.717) is 11.3 Å². The number of hydrogen-bond acceptors (Lipinski definition) is 3. The van der Waals surface area contributed by atoms with Gasteiger partial charge in [0.1, 0.15) is 0 Å². The average Bonchev–Trinajstić information content (AvgIpc) is 2.61. The number of carbonyl (C=O) groups excluding carboxylic acids is 2. The van der Waals surface area contributed by atoms with Crippen LogP contribution in [0.3, 0.4) is 0 Å². The highest BCUT2D eigenvalue weighted by Gasteiger charge is 2.13. The van der Waals surface area contributed by atoms with Crippen LogP contribution in [-0.4, -0.2) is 19.0 Å². The number of ether oxygens (including phenoxy) is 1. The molecule has 1 amide bonds. The van der Waals surface area contributed by atoms with E-state index in [1.54, 1.807) is 24.3 Å². The first-order valence-electron chi connectivity index (χ1n) is 6.83. The highest BCUT2D eigenvalue weighted by molar-refractivity contribution is 6.36. The molecule has 0 fully saturated rings. The minimum absolute atomic E-state index is 0.00283. The molecule has 0 radical (unpaired) electrons. The van der Waals surface area contributed by atoms with Crippen molar-refractivity contribution in [2.45, 2.75) is 6.42 Å². The lowest BCUT2D eigenvalue weighted by Gasteiger charge is -2.12. The Kier molecular flexibility index (Phi) is 5.79. The number of carbonyl (C=O) groups is 2. The lowest BCUT2D eigenvalue weighted by Crippen LogP contribution is -2.19. The predicted molar refractivity (Wildman–Crippen MR) is 89.1 cm³/mol. The Morgan fingerprint density at radius 3 is 2.35 bits per heavy atom. The number of hydrogen-bond donors (Lipinski definition) is 0. The topological polar surface area (TPSA) is 46.6 Å². The molecule has 0 atom stereocenters. The molecule has 0 heterocycles. The van der Waals surface area contributed by atoms with Crippen molar-refractivity contribution in [2.75, 3.05) is 11.5 Å². The summed E-state index contributed by atoms with van der Waals surface area (Å²) in [4.78, 5) is 23.4. The largest absolute Gasteiger partial charge is 0.465 e. The number of nitrogens with zero attached hydrogens (tertiary/aromatic N) is 1. The first-order chi connectivity index (χ1) is 11.1. The second-order valence-electron chi connectivity index (χ2n) is 4.56. The zero-order valence-corrected chi connectivity index (χ0v) is 13.2. The second-order valence-corrected chi connectivity index (χ2v) is 4.90. The van der Waals surface area contributed by atoms with Crippen LogP contribution >= 0.6 is 11.8 Å². The van der Waals surface area contributed by atoms with Crippen LogP contribution in [0.1, 0.15) is 22.3 Å². The quantitative estimate of drug-likeness (QED) is 0.493. The van der Waals surface area contributed by atoms with Gasteiger partial charge in [-0.15, -0.1) is 0 Å². The Bertz CT molecular complexity index is 745. The fraction of sp³-hybridized carbons (Fsp3) is 0.111. The summed E-state index contributed by atoms with van der Waals surface area (Å²) in [5.41, 5.74) is 1.69. The first-order valence-corrected chi connectivity index (χ1v) is 7.16. The van der Waals surface area contributed by atoms with Gasteiger partial charge in [0, 0.05) is 17.3 Å². The van der Waals surface area contributed by atoms with E-state index in [1.807, 2.05) is 30.3 Å². The summed E-state index contributed by atoms with van der Waals surface area (Å²) < 4.78 is 5.60. The lowest BCUT2D eigenvalue weighted by atomic mass is 10.2. The van der Waals surface area contributed by atoms with Crippen molar-refractivity contribution in [3.63, 3.8) is 0 Å².